The maximum absolute atomic E-state index is 12.9. The lowest BCUT2D eigenvalue weighted by atomic mass is 9.63. The predicted octanol–water partition coefficient (Wildman–Crippen LogP) is 2.64. The Balaban J connectivity index is 1.23. The molecule has 3 N–H and O–H groups in total. The lowest BCUT2D eigenvalue weighted by Gasteiger charge is -2.51. The molecule has 234 valence electrons. The molecule has 1 aliphatic heterocycles. The van der Waals surface area contributed by atoms with Crippen LogP contribution in [-0.2, 0) is 24.2 Å². The molecule has 0 aromatic rings. The first-order chi connectivity index (χ1) is 19.2. The van der Waals surface area contributed by atoms with E-state index in [9.17, 15) is 13.2 Å². The molecule has 2 aliphatic carbocycles. The van der Waals surface area contributed by atoms with E-state index in [1.54, 1.807) is 0 Å². The van der Waals surface area contributed by atoms with Gasteiger partial charge in [-0.3, -0.25) is 0 Å². The van der Waals surface area contributed by atoms with Crippen molar-refractivity contribution in [3.63, 3.8) is 0 Å². The van der Waals surface area contributed by atoms with Gasteiger partial charge in [0.1, 0.15) is 0 Å². The minimum absolute atomic E-state index is 0.134. The number of alkyl halides is 2. The maximum atomic E-state index is 12.9. The number of hydrogen-bond donors (Lipinski definition) is 3. The van der Waals surface area contributed by atoms with E-state index in [1.807, 2.05) is 6.92 Å². The van der Waals surface area contributed by atoms with Crippen molar-refractivity contribution in [1.82, 2.24) is 20.3 Å². The Morgan fingerprint density at radius 3 is 2.08 bits per heavy atom. The molecule has 0 radical (unpaired) electrons. The van der Waals surface area contributed by atoms with E-state index in [-0.39, 0.29) is 28.6 Å². The molecule has 0 spiro atoms. The lowest BCUT2D eigenvalue weighted by Crippen LogP contribution is -2.53. The van der Waals surface area contributed by atoms with Crippen LogP contribution in [0.3, 0.4) is 0 Å². The smallest absolute Gasteiger partial charge is 0.314 e. The highest BCUT2D eigenvalue weighted by molar-refractivity contribution is 7.90. The molecule has 40 heavy (non-hydrogen) atoms. The minimum atomic E-state index is -3.37. The fourth-order valence-corrected chi connectivity index (χ4v) is 9.09. The van der Waals surface area contributed by atoms with Crippen molar-refractivity contribution in [2.45, 2.75) is 61.5 Å². The second-order valence-electron chi connectivity index (χ2n) is 11.4. The van der Waals surface area contributed by atoms with Gasteiger partial charge in [-0.15, -0.1) is 23.2 Å². The molecule has 5 unspecified atom stereocenters. The van der Waals surface area contributed by atoms with Gasteiger partial charge in [-0.2, -0.15) is 0 Å². The van der Waals surface area contributed by atoms with Crippen LogP contribution in [0.1, 0.15) is 45.4 Å². The van der Waals surface area contributed by atoms with E-state index < -0.39 is 10.0 Å². The van der Waals surface area contributed by atoms with Gasteiger partial charge >= 0.3 is 6.03 Å². The van der Waals surface area contributed by atoms with Crippen molar-refractivity contribution in [1.29, 1.82) is 0 Å². The minimum Gasteiger partial charge on any atom is -0.378 e. The Kier molecular flexibility index (Phi) is 15.0. The van der Waals surface area contributed by atoms with Gasteiger partial charge in [-0.1, -0.05) is 0 Å². The normalized spacial score (nSPS) is 31.4. The summed E-state index contributed by atoms with van der Waals surface area (Å²) < 4.78 is 44.9. The van der Waals surface area contributed by atoms with E-state index in [2.05, 4.69) is 27.3 Å². The van der Waals surface area contributed by atoms with Gasteiger partial charge in [-0.25, -0.2) is 17.9 Å². The fourth-order valence-electron chi connectivity index (χ4n) is 6.63. The molecule has 2 amide bonds. The lowest BCUT2D eigenvalue weighted by molar-refractivity contribution is 0.0108. The first-order valence-electron chi connectivity index (χ1n) is 14.9. The number of ether oxygens (including phenoxy) is 3. The van der Waals surface area contributed by atoms with Crippen molar-refractivity contribution in [2.24, 2.45) is 23.7 Å². The number of urea groups is 1. The SMILES string of the molecule is CCNC(=O)NCCOCCOCCOCCNS(=O)(=O)C1CCC(C2CN(C)CC3C(Cl)CC(Cl)CC32)CC1. The molecule has 0 bridgehead atoms. The number of hydrogen-bond acceptors (Lipinski definition) is 7. The second kappa shape index (κ2) is 17.7. The number of carbonyl (C=O) groups excluding carboxylic acids is 1. The molecule has 5 atom stereocenters. The predicted molar refractivity (Wildman–Crippen MR) is 159 cm³/mol. The Morgan fingerprint density at radius 2 is 1.43 bits per heavy atom. The van der Waals surface area contributed by atoms with Crippen molar-refractivity contribution in [3.8, 4) is 0 Å². The van der Waals surface area contributed by atoms with Crippen LogP contribution in [0.2, 0.25) is 0 Å². The first kappa shape index (κ1) is 34.1. The number of fused-ring (bicyclic) bond motifs is 1. The Morgan fingerprint density at radius 1 is 0.825 bits per heavy atom. The van der Waals surface area contributed by atoms with Crippen LogP contribution in [0.15, 0.2) is 0 Å². The van der Waals surface area contributed by atoms with Gasteiger partial charge in [0.05, 0.1) is 44.9 Å². The van der Waals surface area contributed by atoms with Crippen LogP contribution in [0.25, 0.3) is 0 Å². The maximum Gasteiger partial charge on any atom is 0.314 e. The highest BCUT2D eigenvalue weighted by atomic mass is 35.5. The van der Waals surface area contributed by atoms with Crippen LogP contribution in [0.5, 0.6) is 0 Å². The Bertz CT molecular complexity index is 849. The monoisotopic (exact) mass is 628 g/mol. The number of carbonyl (C=O) groups is 1. The molecule has 1 saturated heterocycles. The van der Waals surface area contributed by atoms with Crippen LogP contribution in [-0.4, -0.2) is 115 Å². The molecule has 0 aromatic carbocycles. The zero-order valence-corrected chi connectivity index (χ0v) is 26.5. The van der Waals surface area contributed by atoms with Crippen LogP contribution < -0.4 is 15.4 Å². The molecule has 2 saturated carbocycles. The quantitative estimate of drug-likeness (QED) is 0.178. The Hall–Kier alpha value is -0.400. The fraction of sp³-hybridized carbons (Fsp3) is 0.963. The van der Waals surface area contributed by atoms with Crippen molar-refractivity contribution in [3.05, 3.63) is 0 Å². The van der Waals surface area contributed by atoms with Gasteiger partial charge in [0.15, 0.2) is 0 Å². The van der Waals surface area contributed by atoms with Crippen LogP contribution >= 0.6 is 23.2 Å². The van der Waals surface area contributed by atoms with Crippen molar-refractivity contribution < 1.29 is 27.4 Å². The number of likely N-dealkylation sites (tertiary alicyclic amines) is 1. The third-order valence-corrected chi connectivity index (χ3v) is 11.4. The molecule has 3 aliphatic rings. The third-order valence-electron chi connectivity index (χ3n) is 8.54. The summed E-state index contributed by atoms with van der Waals surface area (Å²) in [6, 6.07) is -0.203. The zero-order chi connectivity index (χ0) is 29.0. The molecule has 13 heteroatoms. The average molecular weight is 630 g/mol. The van der Waals surface area contributed by atoms with E-state index in [1.165, 1.54) is 0 Å². The number of nitrogens with one attached hydrogen (secondary N) is 3. The molecular weight excluding hydrogens is 579 g/mol. The van der Waals surface area contributed by atoms with Gasteiger partial charge in [-0.05, 0) is 76.2 Å². The van der Waals surface area contributed by atoms with Crippen molar-refractivity contribution in [2.75, 3.05) is 79.4 Å². The molecule has 10 nitrogen and oxygen atoms in total. The molecule has 3 rings (SSSR count). The first-order valence-corrected chi connectivity index (χ1v) is 17.3. The number of sulfonamides is 1. The molecule has 0 aromatic heterocycles. The summed E-state index contributed by atoms with van der Waals surface area (Å²) >= 11 is 13.3. The van der Waals surface area contributed by atoms with Crippen LogP contribution in [0.4, 0.5) is 4.79 Å². The highest BCUT2D eigenvalue weighted by Gasteiger charge is 2.47. The summed E-state index contributed by atoms with van der Waals surface area (Å²) in [5, 5.41) is 5.27. The van der Waals surface area contributed by atoms with E-state index in [0.29, 0.717) is 89.2 Å². The summed E-state index contributed by atoms with van der Waals surface area (Å²) in [7, 11) is -1.19. The molecule has 1 heterocycles. The number of nitrogens with zero attached hydrogens (tertiary/aromatic N) is 1. The third kappa shape index (κ3) is 11.0. The number of halogens is 2. The van der Waals surface area contributed by atoms with Gasteiger partial charge < -0.3 is 29.7 Å². The number of rotatable bonds is 16. The summed E-state index contributed by atoms with van der Waals surface area (Å²) in [6.45, 7) is 7.60. The highest BCUT2D eigenvalue weighted by Crippen LogP contribution is 2.48. The second-order valence-corrected chi connectivity index (χ2v) is 14.6. The Labute approximate surface area is 250 Å². The van der Waals surface area contributed by atoms with Gasteiger partial charge in [0.25, 0.3) is 0 Å². The van der Waals surface area contributed by atoms with Gasteiger partial charge in [0.2, 0.25) is 10.0 Å². The van der Waals surface area contributed by atoms with E-state index >= 15 is 0 Å². The van der Waals surface area contributed by atoms with Gasteiger partial charge in [0, 0.05) is 43.5 Å². The van der Waals surface area contributed by atoms with E-state index in [0.717, 1.165) is 38.8 Å². The molecule has 3 fully saturated rings. The van der Waals surface area contributed by atoms with Crippen molar-refractivity contribution >= 4 is 39.3 Å². The summed E-state index contributed by atoms with van der Waals surface area (Å²) in [4.78, 5) is 13.6. The van der Waals surface area contributed by atoms with E-state index in [4.69, 9.17) is 37.4 Å². The standard InChI is InChI=1S/C27H50Cl2N4O6S/c1-3-30-27(34)31-8-10-37-12-14-39-15-13-38-11-9-32-40(35,36)22-6-4-20(5-7-22)24-18-33(2)19-25-23(24)16-21(28)17-26(25)29/h20-26,32H,3-19H2,1-2H3,(H2,30,31,34). The largest absolute Gasteiger partial charge is 0.378 e. The number of amides is 2. The summed E-state index contributed by atoms with van der Waals surface area (Å²) in [5.41, 5.74) is 0. The summed E-state index contributed by atoms with van der Waals surface area (Å²) in [5.74, 6) is 2.10. The zero-order valence-electron chi connectivity index (χ0n) is 24.1. The number of piperidine rings is 1. The average Bonchev–Trinajstić information content (AvgIpc) is 2.91. The molecular formula is C27H50Cl2N4O6S. The topological polar surface area (TPSA) is 118 Å². The summed E-state index contributed by atoms with van der Waals surface area (Å²) in [6.07, 6.45) is 5.19. The van der Waals surface area contributed by atoms with Crippen LogP contribution in [0, 0.1) is 23.7 Å².